The molecule has 2 N–H and O–H groups in total. The number of aliphatic hydroxyl groups is 1. The number of carboxylic acids is 1. The maximum absolute atomic E-state index is 14.7. The minimum absolute atomic E-state index is 0.0698. The van der Waals surface area contributed by atoms with E-state index in [0.717, 1.165) is 43.0 Å². The molecule has 3 aliphatic rings. The van der Waals surface area contributed by atoms with Crippen LogP contribution in [0.5, 0.6) is 0 Å². The molecule has 2 aromatic carbocycles. The summed E-state index contributed by atoms with van der Waals surface area (Å²) in [5.41, 5.74) is 1.53. The lowest BCUT2D eigenvalue weighted by atomic mass is 9.73. The number of carbonyl (C=O) groups is 1. The molecule has 2 unspecified atom stereocenters. The number of benzene rings is 2. The Labute approximate surface area is 243 Å². The van der Waals surface area contributed by atoms with E-state index in [9.17, 15) is 19.4 Å². The van der Waals surface area contributed by atoms with E-state index in [2.05, 4.69) is 10.1 Å². The van der Waals surface area contributed by atoms with Gasteiger partial charge in [-0.1, -0.05) is 29.3 Å². The van der Waals surface area contributed by atoms with Gasteiger partial charge in [0.25, 0.3) is 0 Å². The van der Waals surface area contributed by atoms with Crippen LogP contribution in [0.25, 0.3) is 15.9 Å². The van der Waals surface area contributed by atoms with Crippen LogP contribution in [0, 0.1) is 17.7 Å². The van der Waals surface area contributed by atoms with Gasteiger partial charge in [0, 0.05) is 0 Å². The fraction of sp³-hybridized carbons (Fsp3) is 0.414. The smallest absolute Gasteiger partial charge is 0.335 e. The zero-order valence-electron chi connectivity index (χ0n) is 21.3. The normalized spacial score (nSPS) is 26.1. The fourth-order valence-corrected chi connectivity index (χ4v) is 8.44. The highest BCUT2D eigenvalue weighted by molar-refractivity contribution is 7.18. The summed E-state index contributed by atoms with van der Waals surface area (Å²) in [6, 6.07) is 7.80. The maximum atomic E-state index is 14.7. The molecule has 4 atom stereocenters. The van der Waals surface area contributed by atoms with Gasteiger partial charge in [0.1, 0.15) is 21.8 Å². The minimum atomic E-state index is -1.20. The molecule has 0 amide bonds. The number of carboxylic acid groups (broad SMARTS) is 1. The third kappa shape index (κ3) is 4.25. The van der Waals surface area contributed by atoms with Crippen LogP contribution in [0.4, 0.5) is 4.39 Å². The van der Waals surface area contributed by atoms with Crippen molar-refractivity contribution in [2.45, 2.75) is 62.8 Å². The summed E-state index contributed by atoms with van der Waals surface area (Å²) in [5, 5.41) is 27.4. The van der Waals surface area contributed by atoms with Crippen LogP contribution in [-0.4, -0.2) is 37.1 Å². The van der Waals surface area contributed by atoms with Crippen molar-refractivity contribution < 1.29 is 24.1 Å². The highest BCUT2D eigenvalue weighted by Gasteiger charge is 2.56. The molecule has 0 radical (unpaired) electrons. The Morgan fingerprint density at radius 3 is 2.50 bits per heavy atom. The summed E-state index contributed by atoms with van der Waals surface area (Å²) >= 11 is 14.2. The van der Waals surface area contributed by atoms with Gasteiger partial charge < -0.3 is 14.9 Å². The molecule has 2 aromatic heterocycles. The van der Waals surface area contributed by atoms with Crippen molar-refractivity contribution in [3.63, 3.8) is 0 Å². The topological polar surface area (TPSA) is 97.5 Å². The predicted molar refractivity (Wildman–Crippen MR) is 150 cm³/mol. The average Bonchev–Trinajstić information content (AvgIpc) is 3.49. The molecule has 0 spiro atoms. The predicted octanol–water partition coefficient (Wildman–Crippen LogP) is 7.10. The van der Waals surface area contributed by atoms with Crippen LogP contribution in [-0.2, 0) is 16.9 Å². The number of halogens is 3. The van der Waals surface area contributed by atoms with Crippen molar-refractivity contribution in [2.24, 2.45) is 11.8 Å². The zero-order valence-corrected chi connectivity index (χ0v) is 23.6. The molecule has 11 heteroatoms. The fourth-order valence-electron chi connectivity index (χ4n) is 6.62. The lowest BCUT2D eigenvalue weighted by Crippen LogP contribution is -2.44. The Hall–Kier alpha value is -2.56. The number of rotatable bonds is 7. The number of ether oxygens (including phenoxy) is 1. The first-order valence-corrected chi connectivity index (χ1v) is 15.0. The van der Waals surface area contributed by atoms with E-state index in [-0.39, 0.29) is 29.0 Å². The van der Waals surface area contributed by atoms with Crippen molar-refractivity contribution >= 4 is 50.7 Å². The first kappa shape index (κ1) is 26.3. The number of para-hydroxylation sites is 1. The number of thiazole rings is 1. The highest BCUT2D eigenvalue weighted by atomic mass is 35.5. The molecule has 40 heavy (non-hydrogen) atoms. The molecule has 0 saturated heterocycles. The number of aromatic carboxylic acids is 1. The number of hydrogen-bond donors (Lipinski definition) is 2. The summed E-state index contributed by atoms with van der Waals surface area (Å²) < 4.78 is 23.4. The standard InChI is InChI=1S/C29H26Cl2FN3O4S/c30-20-2-1-3-21(31)26(20)35-23(19(12-33-35)14-4-5-14)13-39-18-10-16-6-7-17(11-18)29(16,38)28-34-25-22(32)8-15(27(36)37)9-24(25)40-28/h1-3,8-9,12,14,16-18,38H,4-7,10-11,13H2,(H,36,37)/t16-,17+,18?,29?. The summed E-state index contributed by atoms with van der Waals surface area (Å²) in [6.45, 7) is 0.347. The van der Waals surface area contributed by atoms with Crippen LogP contribution in [0.1, 0.15) is 71.1 Å². The molecule has 3 aliphatic carbocycles. The molecule has 3 fully saturated rings. The molecule has 2 heterocycles. The van der Waals surface area contributed by atoms with E-state index >= 15 is 0 Å². The number of nitrogens with zero attached hydrogens (tertiary/aromatic N) is 3. The first-order valence-electron chi connectivity index (χ1n) is 13.4. The lowest BCUT2D eigenvalue weighted by Gasteiger charge is -2.41. The Balaban J connectivity index is 1.14. The average molecular weight is 603 g/mol. The van der Waals surface area contributed by atoms with Gasteiger partial charge in [0.05, 0.1) is 44.9 Å². The van der Waals surface area contributed by atoms with Crippen molar-refractivity contribution in [1.29, 1.82) is 0 Å². The minimum Gasteiger partial charge on any atom is -0.478 e. The molecule has 7 nitrogen and oxygen atoms in total. The zero-order chi connectivity index (χ0) is 27.8. The SMILES string of the molecule is O=C(O)c1cc(F)c2nc(C3(O)[C@@H]4CC[C@H]3CC(OCc3c(C5CC5)cnn3-c3c(Cl)cccc3Cl)C4)sc2c1. The molecule has 208 valence electrons. The Kier molecular flexibility index (Phi) is 6.44. The van der Waals surface area contributed by atoms with Gasteiger partial charge in [0.15, 0.2) is 5.82 Å². The summed E-state index contributed by atoms with van der Waals surface area (Å²) in [4.78, 5) is 15.9. The van der Waals surface area contributed by atoms with Crippen molar-refractivity contribution in [1.82, 2.24) is 14.8 Å². The summed E-state index contributed by atoms with van der Waals surface area (Å²) in [7, 11) is 0. The Morgan fingerprint density at radius 1 is 1.15 bits per heavy atom. The Bertz CT molecular complexity index is 1620. The number of fused-ring (bicyclic) bond motifs is 3. The third-order valence-electron chi connectivity index (χ3n) is 8.76. The van der Waals surface area contributed by atoms with Gasteiger partial charge in [-0.3, -0.25) is 0 Å². The molecule has 3 saturated carbocycles. The maximum Gasteiger partial charge on any atom is 0.335 e. The van der Waals surface area contributed by atoms with Crippen molar-refractivity contribution in [3.8, 4) is 5.69 Å². The van der Waals surface area contributed by atoms with Gasteiger partial charge in [-0.05, 0) is 86.1 Å². The van der Waals surface area contributed by atoms with Crippen LogP contribution in [0.2, 0.25) is 10.0 Å². The van der Waals surface area contributed by atoms with Gasteiger partial charge in [-0.15, -0.1) is 11.3 Å². The first-order chi connectivity index (χ1) is 19.2. The second-order valence-electron chi connectivity index (χ2n) is 11.1. The van der Waals surface area contributed by atoms with E-state index in [1.807, 2.05) is 6.20 Å². The van der Waals surface area contributed by atoms with Crippen LogP contribution >= 0.6 is 34.5 Å². The van der Waals surface area contributed by atoms with Gasteiger partial charge in [-0.2, -0.15) is 5.10 Å². The van der Waals surface area contributed by atoms with Crippen molar-refractivity contribution in [3.05, 3.63) is 74.2 Å². The quantitative estimate of drug-likeness (QED) is 0.234. The summed E-state index contributed by atoms with van der Waals surface area (Å²) in [5.74, 6) is -1.61. The third-order valence-corrected chi connectivity index (χ3v) is 10.5. The van der Waals surface area contributed by atoms with E-state index in [4.69, 9.17) is 27.9 Å². The van der Waals surface area contributed by atoms with Crippen molar-refractivity contribution in [2.75, 3.05) is 0 Å². The summed E-state index contributed by atoms with van der Waals surface area (Å²) in [6.07, 6.45) is 6.98. The molecule has 4 aromatic rings. The number of aromatic nitrogens is 3. The van der Waals surface area contributed by atoms with Crippen LogP contribution in [0.3, 0.4) is 0 Å². The Morgan fingerprint density at radius 2 is 1.85 bits per heavy atom. The second kappa shape index (κ2) is 9.77. The molecule has 0 aliphatic heterocycles. The molecular formula is C29H26Cl2FN3O4S. The largest absolute Gasteiger partial charge is 0.478 e. The van der Waals surface area contributed by atoms with E-state index in [0.29, 0.717) is 50.8 Å². The highest BCUT2D eigenvalue weighted by Crippen LogP contribution is 2.57. The van der Waals surface area contributed by atoms with Gasteiger partial charge in [-0.25, -0.2) is 18.9 Å². The van der Waals surface area contributed by atoms with E-state index in [1.165, 1.54) is 17.4 Å². The van der Waals surface area contributed by atoms with Gasteiger partial charge in [0.2, 0.25) is 0 Å². The molecule has 2 bridgehead atoms. The number of hydrogen-bond acceptors (Lipinski definition) is 6. The molecular weight excluding hydrogens is 576 g/mol. The monoisotopic (exact) mass is 601 g/mol. The van der Waals surface area contributed by atoms with Crippen LogP contribution in [0.15, 0.2) is 36.5 Å². The van der Waals surface area contributed by atoms with Crippen LogP contribution < -0.4 is 0 Å². The molecule has 7 rings (SSSR count). The van der Waals surface area contributed by atoms with E-state index < -0.39 is 17.4 Å². The van der Waals surface area contributed by atoms with Gasteiger partial charge >= 0.3 is 5.97 Å². The van der Waals surface area contributed by atoms with E-state index in [1.54, 1.807) is 22.9 Å². The second-order valence-corrected chi connectivity index (χ2v) is 13.0. The lowest BCUT2D eigenvalue weighted by molar-refractivity contribution is -0.116.